The number of fused-ring (bicyclic) bond motifs is 10. The molecule has 0 atom stereocenters. The van der Waals surface area contributed by atoms with Crippen LogP contribution in [0.3, 0.4) is 0 Å². The molecule has 81 heavy (non-hydrogen) atoms. The summed E-state index contributed by atoms with van der Waals surface area (Å²) in [5, 5.41) is 18.7. The maximum atomic E-state index is 6.64. The van der Waals surface area contributed by atoms with Gasteiger partial charge in [0.1, 0.15) is 0 Å². The Labute approximate surface area is 472 Å². The fourth-order valence-electron chi connectivity index (χ4n) is 12.1. The normalized spacial score (nSPS) is 12.9. The van der Waals surface area contributed by atoms with Gasteiger partial charge < -0.3 is 18.6 Å². The van der Waals surface area contributed by atoms with Crippen LogP contribution in [0.2, 0.25) is 0 Å². The number of nitrogens with zero attached hydrogens (tertiary/aromatic N) is 6. The van der Waals surface area contributed by atoms with Gasteiger partial charge in [0.05, 0.1) is 5.41 Å². The molecule has 0 aliphatic heterocycles. The van der Waals surface area contributed by atoms with E-state index in [2.05, 4.69) is 304 Å². The van der Waals surface area contributed by atoms with E-state index in [1.807, 2.05) is 0 Å². The summed E-state index contributed by atoms with van der Waals surface area (Å²) in [5.74, 6) is 1.83. The van der Waals surface area contributed by atoms with E-state index in [1.165, 1.54) is 11.1 Å². The Morgan fingerprint density at radius 1 is 0.284 bits per heavy atom. The van der Waals surface area contributed by atoms with E-state index in [4.69, 9.17) is 19.0 Å². The smallest absolute Gasteiger partial charge is 0.248 e. The third-order valence-electron chi connectivity index (χ3n) is 16.2. The summed E-state index contributed by atoms with van der Waals surface area (Å²) < 4.78 is 13.3. The highest BCUT2D eigenvalue weighted by Crippen LogP contribution is 2.65. The number of aromatic nitrogens is 4. The second kappa shape index (κ2) is 19.2. The van der Waals surface area contributed by atoms with Gasteiger partial charge in [-0.15, -0.1) is 20.4 Å². The van der Waals surface area contributed by atoms with Gasteiger partial charge in [0, 0.05) is 56.4 Å². The Kier molecular flexibility index (Phi) is 11.7. The molecule has 8 heteroatoms. The van der Waals surface area contributed by atoms with Crippen LogP contribution in [-0.2, 0) is 16.2 Å². The zero-order chi connectivity index (χ0) is 55.0. The third-order valence-corrected chi connectivity index (χ3v) is 16.2. The largest absolute Gasteiger partial charge is 0.416 e. The van der Waals surface area contributed by atoms with Crippen molar-refractivity contribution in [2.75, 3.05) is 9.80 Å². The first-order chi connectivity index (χ1) is 39.4. The molecule has 14 rings (SSSR count). The first-order valence-electron chi connectivity index (χ1n) is 27.7. The molecule has 2 aliphatic rings. The van der Waals surface area contributed by atoms with Crippen molar-refractivity contribution in [3.05, 3.63) is 276 Å². The SMILES string of the molecule is CC(C)(C)c1ccc(-c2nnc(-c3ccc4c(c3)C3(c5ccc(N(c6ccccc6)c6ccccc6)cc5-c5cc(N(c6ccccc6)c6ccccc6)ccc53)c3cc(-c5nnc(-c6ccc(C(C)(C)C)cc6)o5)ccc3-4)o2)cc1. The fraction of sp³-hybridized carbons (Fsp3) is 0.123. The van der Waals surface area contributed by atoms with E-state index in [1.54, 1.807) is 0 Å². The van der Waals surface area contributed by atoms with Crippen molar-refractivity contribution in [3.8, 4) is 68.1 Å². The van der Waals surface area contributed by atoms with Gasteiger partial charge in [-0.3, -0.25) is 0 Å². The Morgan fingerprint density at radius 2 is 0.593 bits per heavy atom. The summed E-state index contributed by atoms with van der Waals surface area (Å²) >= 11 is 0. The molecular weight excluding hydrogens is 993 g/mol. The van der Waals surface area contributed by atoms with Crippen LogP contribution in [0.5, 0.6) is 0 Å². The van der Waals surface area contributed by atoms with E-state index in [9.17, 15) is 0 Å². The van der Waals surface area contributed by atoms with Gasteiger partial charge in [0.15, 0.2) is 0 Å². The van der Waals surface area contributed by atoms with Gasteiger partial charge in [-0.05, 0) is 188 Å². The van der Waals surface area contributed by atoms with Gasteiger partial charge in [-0.2, -0.15) is 0 Å². The lowest BCUT2D eigenvalue weighted by Crippen LogP contribution is -2.26. The van der Waals surface area contributed by atoms with Crippen LogP contribution in [0, 0.1) is 0 Å². The maximum absolute atomic E-state index is 6.64. The van der Waals surface area contributed by atoms with E-state index in [0.29, 0.717) is 23.6 Å². The van der Waals surface area contributed by atoms with Gasteiger partial charge in [0.2, 0.25) is 23.6 Å². The average Bonchev–Trinajstić information content (AvgIpc) is 2.19. The molecule has 10 aromatic carbocycles. The summed E-state index contributed by atoms with van der Waals surface area (Å²) in [6.45, 7) is 13.3. The van der Waals surface area contributed by atoms with Gasteiger partial charge in [0.25, 0.3) is 0 Å². The predicted octanol–water partition coefficient (Wildman–Crippen LogP) is 19.0. The minimum atomic E-state index is -0.843. The van der Waals surface area contributed by atoms with Crippen LogP contribution in [0.15, 0.2) is 251 Å². The number of para-hydroxylation sites is 4. The fourth-order valence-corrected chi connectivity index (χ4v) is 12.1. The van der Waals surface area contributed by atoms with E-state index in [-0.39, 0.29) is 10.8 Å². The van der Waals surface area contributed by atoms with Crippen LogP contribution in [0.25, 0.3) is 68.1 Å². The molecule has 0 saturated heterocycles. The molecule has 0 saturated carbocycles. The molecule has 12 aromatic rings. The molecule has 0 fully saturated rings. The first-order valence-corrected chi connectivity index (χ1v) is 27.7. The van der Waals surface area contributed by atoms with Crippen molar-refractivity contribution in [1.29, 1.82) is 0 Å². The zero-order valence-corrected chi connectivity index (χ0v) is 46.1. The summed E-state index contributed by atoms with van der Waals surface area (Å²) in [7, 11) is 0. The average molecular weight is 1050 g/mol. The first kappa shape index (κ1) is 49.4. The summed E-state index contributed by atoms with van der Waals surface area (Å²) in [6, 6.07) is 86.6. The Hall–Kier alpha value is -9.92. The highest BCUT2D eigenvalue weighted by molar-refractivity contribution is 5.99. The molecule has 2 heterocycles. The monoisotopic (exact) mass is 1050 g/mol. The van der Waals surface area contributed by atoms with Crippen molar-refractivity contribution in [1.82, 2.24) is 20.4 Å². The predicted molar refractivity (Wildman–Crippen MR) is 327 cm³/mol. The molecule has 2 aliphatic carbocycles. The zero-order valence-electron chi connectivity index (χ0n) is 46.1. The molecular formula is C73H58N6O2. The van der Waals surface area contributed by atoms with Crippen LogP contribution in [-0.4, -0.2) is 20.4 Å². The van der Waals surface area contributed by atoms with Crippen LogP contribution >= 0.6 is 0 Å². The molecule has 0 N–H and O–H groups in total. The lowest BCUT2D eigenvalue weighted by molar-refractivity contribution is 0.581. The molecule has 8 nitrogen and oxygen atoms in total. The molecule has 0 unspecified atom stereocenters. The molecule has 0 radical (unpaired) electrons. The topological polar surface area (TPSA) is 84.3 Å². The molecule has 0 bridgehead atoms. The lowest BCUT2D eigenvalue weighted by Gasteiger charge is -2.32. The maximum Gasteiger partial charge on any atom is 0.248 e. The van der Waals surface area contributed by atoms with Crippen molar-refractivity contribution in [2.24, 2.45) is 0 Å². The summed E-state index contributed by atoms with van der Waals surface area (Å²) in [5.41, 5.74) is 20.3. The minimum absolute atomic E-state index is 0.0113. The second-order valence-electron chi connectivity index (χ2n) is 23.2. The molecule has 392 valence electrons. The van der Waals surface area contributed by atoms with E-state index < -0.39 is 5.41 Å². The minimum Gasteiger partial charge on any atom is -0.416 e. The van der Waals surface area contributed by atoms with Crippen molar-refractivity contribution < 1.29 is 8.83 Å². The van der Waals surface area contributed by atoms with Crippen LogP contribution in [0.4, 0.5) is 34.1 Å². The molecule has 0 amide bonds. The Bertz CT molecular complexity index is 3930. The molecule has 1 spiro atoms. The Balaban J connectivity index is 1.00. The summed E-state index contributed by atoms with van der Waals surface area (Å²) in [4.78, 5) is 4.69. The van der Waals surface area contributed by atoms with E-state index >= 15 is 0 Å². The van der Waals surface area contributed by atoms with Crippen LogP contribution in [0.1, 0.15) is 74.9 Å². The van der Waals surface area contributed by atoms with Crippen molar-refractivity contribution in [2.45, 2.75) is 57.8 Å². The second-order valence-corrected chi connectivity index (χ2v) is 23.2. The van der Waals surface area contributed by atoms with Gasteiger partial charge in [-0.1, -0.05) is 163 Å². The Morgan fingerprint density at radius 3 is 0.914 bits per heavy atom. The van der Waals surface area contributed by atoms with Crippen molar-refractivity contribution >= 4 is 34.1 Å². The lowest BCUT2D eigenvalue weighted by atomic mass is 9.70. The number of hydrogen-bond acceptors (Lipinski definition) is 8. The number of anilines is 6. The standard InChI is InChI=1S/C73H58N6O2/c1-71(2,3)51-33-27-47(28-34-51)67-74-76-69(80-67)49-31-39-59-60-40-32-50(70-77-75-68(81-70)48-29-35-52(36-30-48)72(4,5)6)44-66(60)73(65(59)43-49)63-41-37-57(78(53-19-11-7-12-20-53)54-21-13-8-14-22-54)45-61(63)62-46-58(38-42-64(62)73)79(55-23-15-9-16-24-55)56-25-17-10-18-26-56/h7-46H,1-6H3. The highest BCUT2D eigenvalue weighted by atomic mass is 16.4. The van der Waals surface area contributed by atoms with Gasteiger partial charge >= 0.3 is 0 Å². The number of rotatable bonds is 10. The third kappa shape index (κ3) is 8.45. The van der Waals surface area contributed by atoms with Gasteiger partial charge in [-0.25, -0.2) is 0 Å². The molecule has 2 aromatic heterocycles. The van der Waals surface area contributed by atoms with Crippen molar-refractivity contribution in [3.63, 3.8) is 0 Å². The van der Waals surface area contributed by atoms with E-state index in [0.717, 1.165) is 101 Å². The summed E-state index contributed by atoms with van der Waals surface area (Å²) in [6.07, 6.45) is 0. The number of benzene rings is 10. The number of hydrogen-bond donors (Lipinski definition) is 0. The highest BCUT2D eigenvalue weighted by Gasteiger charge is 2.52. The van der Waals surface area contributed by atoms with Crippen LogP contribution < -0.4 is 9.80 Å². The quantitative estimate of drug-likeness (QED) is 0.134.